The molecule has 1 amide bonds. The van der Waals surface area contributed by atoms with Crippen molar-refractivity contribution in [2.75, 3.05) is 12.5 Å². The van der Waals surface area contributed by atoms with Gasteiger partial charge < -0.3 is 14.8 Å². The molecule has 0 unspecified atom stereocenters. The van der Waals surface area contributed by atoms with E-state index >= 15 is 0 Å². The van der Waals surface area contributed by atoms with E-state index in [-0.39, 0.29) is 35.3 Å². The van der Waals surface area contributed by atoms with Crippen molar-refractivity contribution in [1.29, 1.82) is 0 Å². The predicted octanol–water partition coefficient (Wildman–Crippen LogP) is 4.83. The monoisotopic (exact) mass is 427 g/mol. The van der Waals surface area contributed by atoms with Crippen molar-refractivity contribution < 1.29 is 23.0 Å². The number of hydrogen-bond donors (Lipinski definition) is 1. The maximum absolute atomic E-state index is 13.3. The van der Waals surface area contributed by atoms with Gasteiger partial charge in [0.15, 0.2) is 11.5 Å². The Hall–Kier alpha value is -3.06. The van der Waals surface area contributed by atoms with E-state index in [2.05, 4.69) is 5.32 Å². The molecule has 3 aromatic rings. The van der Waals surface area contributed by atoms with Crippen LogP contribution in [0.4, 0.5) is 8.78 Å². The first-order valence-electron chi connectivity index (χ1n) is 9.36. The molecular formula is C23H19F2NO3S. The molecule has 4 rings (SSSR count). The minimum atomic E-state index is -0.330. The highest BCUT2D eigenvalue weighted by molar-refractivity contribution is 8.00. The van der Waals surface area contributed by atoms with Gasteiger partial charge in [0.05, 0.1) is 11.0 Å². The molecule has 30 heavy (non-hydrogen) atoms. The van der Waals surface area contributed by atoms with Crippen LogP contribution in [0.25, 0.3) is 0 Å². The largest absolute Gasteiger partial charge is 0.454 e. The Balaban J connectivity index is 1.39. The van der Waals surface area contributed by atoms with Gasteiger partial charge >= 0.3 is 0 Å². The number of halogens is 2. The van der Waals surface area contributed by atoms with Crippen LogP contribution in [-0.2, 0) is 11.3 Å². The lowest BCUT2D eigenvalue weighted by atomic mass is 10.0. The third-order valence-electron chi connectivity index (χ3n) is 4.65. The topological polar surface area (TPSA) is 47.6 Å². The minimum Gasteiger partial charge on any atom is -0.454 e. The molecule has 0 atom stereocenters. The van der Waals surface area contributed by atoms with Gasteiger partial charge in [0.2, 0.25) is 12.7 Å². The highest BCUT2D eigenvalue weighted by Crippen LogP contribution is 2.36. The fraction of sp³-hybridized carbons (Fsp3) is 0.174. The summed E-state index contributed by atoms with van der Waals surface area (Å²) in [7, 11) is 0. The van der Waals surface area contributed by atoms with Gasteiger partial charge in [-0.05, 0) is 53.1 Å². The molecule has 1 N–H and O–H groups in total. The smallest absolute Gasteiger partial charge is 0.231 e. The number of nitrogens with one attached hydrogen (secondary N) is 1. The number of fused-ring (bicyclic) bond motifs is 1. The molecule has 0 saturated heterocycles. The van der Waals surface area contributed by atoms with Gasteiger partial charge in [0.25, 0.3) is 0 Å². The summed E-state index contributed by atoms with van der Waals surface area (Å²) in [5, 5.41) is 2.67. The van der Waals surface area contributed by atoms with Crippen LogP contribution in [0.1, 0.15) is 21.9 Å². The average molecular weight is 427 g/mol. The van der Waals surface area contributed by atoms with Crippen LogP contribution in [0.2, 0.25) is 0 Å². The van der Waals surface area contributed by atoms with Gasteiger partial charge in [-0.2, -0.15) is 0 Å². The van der Waals surface area contributed by atoms with Gasteiger partial charge in [0, 0.05) is 6.54 Å². The molecule has 3 aromatic carbocycles. The highest BCUT2D eigenvalue weighted by Gasteiger charge is 2.18. The van der Waals surface area contributed by atoms with Crippen molar-refractivity contribution in [3.8, 4) is 11.5 Å². The molecule has 0 aromatic heterocycles. The van der Waals surface area contributed by atoms with Crippen molar-refractivity contribution in [3.05, 3.63) is 95.1 Å². The van der Waals surface area contributed by atoms with Crippen LogP contribution >= 0.6 is 11.8 Å². The second-order valence-corrected chi connectivity index (χ2v) is 7.85. The molecule has 1 aliphatic rings. The van der Waals surface area contributed by atoms with Crippen LogP contribution in [0.15, 0.2) is 66.7 Å². The Bertz CT molecular complexity index is 980. The predicted molar refractivity (Wildman–Crippen MR) is 112 cm³/mol. The first-order valence-corrected chi connectivity index (χ1v) is 10.4. The quantitative estimate of drug-likeness (QED) is 0.587. The summed E-state index contributed by atoms with van der Waals surface area (Å²) in [6.07, 6.45) is 0. The zero-order chi connectivity index (χ0) is 20.9. The fourth-order valence-electron chi connectivity index (χ4n) is 3.12. The Morgan fingerprint density at radius 2 is 1.50 bits per heavy atom. The zero-order valence-electron chi connectivity index (χ0n) is 15.9. The lowest BCUT2D eigenvalue weighted by molar-refractivity contribution is -0.118. The van der Waals surface area contributed by atoms with Crippen molar-refractivity contribution in [3.63, 3.8) is 0 Å². The number of carbonyl (C=O) groups excluding carboxylic acids is 1. The lowest BCUT2D eigenvalue weighted by Crippen LogP contribution is -2.25. The number of benzene rings is 3. The summed E-state index contributed by atoms with van der Waals surface area (Å²) in [5.74, 6) is 0.771. The molecule has 154 valence electrons. The molecule has 1 heterocycles. The zero-order valence-corrected chi connectivity index (χ0v) is 16.8. The first-order chi connectivity index (χ1) is 14.6. The number of rotatable bonds is 7. The number of amides is 1. The van der Waals surface area contributed by atoms with Crippen molar-refractivity contribution in [2.24, 2.45) is 0 Å². The van der Waals surface area contributed by atoms with Gasteiger partial charge in [-0.1, -0.05) is 30.3 Å². The first kappa shape index (κ1) is 20.2. The molecule has 0 saturated carbocycles. The second-order valence-electron chi connectivity index (χ2n) is 6.76. The maximum Gasteiger partial charge on any atom is 0.231 e. The van der Waals surface area contributed by atoms with Crippen LogP contribution in [0.3, 0.4) is 0 Å². The third-order valence-corrected chi connectivity index (χ3v) is 5.96. The van der Waals surface area contributed by atoms with E-state index in [0.717, 1.165) is 16.7 Å². The van der Waals surface area contributed by atoms with Crippen LogP contribution in [0.5, 0.6) is 11.5 Å². The summed E-state index contributed by atoms with van der Waals surface area (Å²) in [6, 6.07) is 17.8. The number of thioether (sulfide) groups is 1. The second kappa shape index (κ2) is 9.17. The minimum absolute atomic E-state index is 0.133. The highest BCUT2D eigenvalue weighted by atomic mass is 32.2. The number of carbonyl (C=O) groups is 1. The van der Waals surface area contributed by atoms with E-state index < -0.39 is 0 Å². The summed E-state index contributed by atoms with van der Waals surface area (Å²) in [4.78, 5) is 12.4. The van der Waals surface area contributed by atoms with Gasteiger partial charge in [-0.25, -0.2) is 8.78 Å². The molecular weight excluding hydrogens is 408 g/mol. The van der Waals surface area contributed by atoms with E-state index in [9.17, 15) is 13.6 Å². The SMILES string of the molecule is O=C(CSC(c1ccc(F)cc1)c1ccc(F)cc1)NCc1ccc2c(c1)OCO2. The Kier molecular flexibility index (Phi) is 6.18. The lowest BCUT2D eigenvalue weighted by Gasteiger charge is -2.18. The molecule has 0 aliphatic carbocycles. The maximum atomic E-state index is 13.3. The van der Waals surface area contributed by atoms with Crippen molar-refractivity contribution in [2.45, 2.75) is 11.8 Å². The van der Waals surface area contributed by atoms with Crippen molar-refractivity contribution >= 4 is 17.7 Å². The molecule has 0 fully saturated rings. The van der Waals surface area contributed by atoms with E-state index in [4.69, 9.17) is 9.47 Å². The molecule has 1 aliphatic heterocycles. The third kappa shape index (κ3) is 4.91. The molecule has 0 radical (unpaired) electrons. The summed E-state index contributed by atoms with van der Waals surface area (Å²) >= 11 is 1.40. The molecule has 7 heteroatoms. The van der Waals surface area contributed by atoms with Crippen LogP contribution < -0.4 is 14.8 Å². The van der Waals surface area contributed by atoms with E-state index in [1.165, 1.54) is 36.0 Å². The standard InChI is InChI=1S/C23H19F2NO3S/c24-18-6-2-16(3-7-18)23(17-4-8-19(25)9-5-17)30-13-22(27)26-12-15-1-10-20-21(11-15)29-14-28-20/h1-11,23H,12-14H2,(H,26,27). The van der Waals surface area contributed by atoms with Gasteiger partial charge in [-0.15, -0.1) is 11.8 Å². The number of hydrogen-bond acceptors (Lipinski definition) is 4. The van der Waals surface area contributed by atoms with Crippen LogP contribution in [0, 0.1) is 11.6 Å². The summed E-state index contributed by atoms with van der Waals surface area (Å²) in [5.41, 5.74) is 2.60. The normalized spacial score (nSPS) is 12.2. The average Bonchev–Trinajstić information content (AvgIpc) is 3.22. The van der Waals surface area contributed by atoms with Crippen molar-refractivity contribution in [1.82, 2.24) is 5.32 Å². The molecule has 0 bridgehead atoms. The van der Waals surface area contributed by atoms with Gasteiger partial charge in [0.1, 0.15) is 11.6 Å². The van der Waals surface area contributed by atoms with Crippen LogP contribution in [-0.4, -0.2) is 18.5 Å². The van der Waals surface area contributed by atoms with E-state index in [1.807, 2.05) is 18.2 Å². The Morgan fingerprint density at radius 1 is 0.900 bits per heavy atom. The summed E-state index contributed by atoms with van der Waals surface area (Å²) in [6.45, 7) is 0.573. The van der Waals surface area contributed by atoms with E-state index in [0.29, 0.717) is 18.0 Å². The van der Waals surface area contributed by atoms with E-state index in [1.54, 1.807) is 24.3 Å². The molecule has 0 spiro atoms. The number of ether oxygens (including phenoxy) is 2. The van der Waals surface area contributed by atoms with Gasteiger partial charge in [-0.3, -0.25) is 4.79 Å². The Morgan fingerprint density at radius 3 is 2.13 bits per heavy atom. The fourth-order valence-corrected chi connectivity index (χ4v) is 4.24. The molecule has 4 nitrogen and oxygen atoms in total. The summed E-state index contributed by atoms with van der Waals surface area (Å²) < 4.78 is 37.3. The Labute approximate surface area is 177 Å².